The Hall–Kier alpha value is -3.53. The Labute approximate surface area is 154 Å². The summed E-state index contributed by atoms with van der Waals surface area (Å²) in [6.07, 6.45) is 6.74. The van der Waals surface area contributed by atoms with Gasteiger partial charge in [-0.25, -0.2) is 18.9 Å². The van der Waals surface area contributed by atoms with Gasteiger partial charge in [-0.3, -0.25) is 0 Å². The van der Waals surface area contributed by atoms with E-state index in [9.17, 15) is 9.65 Å². The lowest BCUT2D eigenvalue weighted by atomic mass is 9.92. The van der Waals surface area contributed by atoms with Crippen molar-refractivity contribution in [1.29, 1.82) is 5.26 Å². The molecular weight excluding hydrogens is 343 g/mol. The number of aromatic nitrogens is 5. The van der Waals surface area contributed by atoms with Gasteiger partial charge >= 0.3 is 0 Å². The minimum Gasteiger partial charge on any atom is -0.326 e. The van der Waals surface area contributed by atoms with Crippen molar-refractivity contribution < 1.29 is 4.39 Å². The maximum absolute atomic E-state index is 13.4. The molecule has 1 aliphatic rings. The Morgan fingerprint density at radius 3 is 2.59 bits per heavy atom. The van der Waals surface area contributed by atoms with Gasteiger partial charge in [0, 0.05) is 11.6 Å². The molecule has 0 N–H and O–H groups in total. The van der Waals surface area contributed by atoms with E-state index in [4.69, 9.17) is 0 Å². The third kappa shape index (κ3) is 2.49. The molecule has 0 atom stereocenters. The Morgan fingerprint density at radius 2 is 1.89 bits per heavy atom. The second-order valence-electron chi connectivity index (χ2n) is 6.68. The Bertz CT molecular complexity index is 1180. The molecule has 1 fully saturated rings. The molecule has 132 valence electrons. The number of hydrogen-bond donors (Lipinski definition) is 0. The van der Waals surface area contributed by atoms with Gasteiger partial charge in [0.25, 0.3) is 0 Å². The maximum Gasteiger partial charge on any atom is 0.162 e. The Kier molecular flexibility index (Phi) is 3.50. The number of imidazole rings is 2. The highest BCUT2D eigenvalue weighted by atomic mass is 19.1. The smallest absolute Gasteiger partial charge is 0.162 e. The van der Waals surface area contributed by atoms with Crippen LogP contribution in [-0.4, -0.2) is 24.1 Å². The van der Waals surface area contributed by atoms with Crippen molar-refractivity contribution in [2.45, 2.75) is 25.3 Å². The fraction of sp³-hybridized carbons (Fsp3) is 0.200. The first-order valence-corrected chi connectivity index (χ1v) is 8.82. The van der Waals surface area contributed by atoms with E-state index in [2.05, 4.69) is 25.7 Å². The van der Waals surface area contributed by atoms with Gasteiger partial charge < -0.3 is 4.57 Å². The minimum absolute atomic E-state index is 0.282. The molecule has 3 heterocycles. The van der Waals surface area contributed by atoms with Crippen LogP contribution >= 0.6 is 0 Å². The predicted molar refractivity (Wildman–Crippen MR) is 97.2 cm³/mol. The van der Waals surface area contributed by atoms with E-state index >= 15 is 0 Å². The van der Waals surface area contributed by atoms with Crippen LogP contribution in [0.1, 0.15) is 31.0 Å². The summed E-state index contributed by atoms with van der Waals surface area (Å²) in [5.41, 5.74) is 4.18. The van der Waals surface area contributed by atoms with Crippen LogP contribution in [-0.2, 0) is 0 Å². The fourth-order valence-corrected chi connectivity index (χ4v) is 3.45. The van der Waals surface area contributed by atoms with E-state index < -0.39 is 0 Å². The van der Waals surface area contributed by atoms with E-state index in [0.717, 1.165) is 29.8 Å². The average molecular weight is 358 g/mol. The molecule has 0 spiro atoms. The van der Waals surface area contributed by atoms with Crippen molar-refractivity contribution in [2.75, 3.05) is 0 Å². The van der Waals surface area contributed by atoms with Gasteiger partial charge in [0.15, 0.2) is 11.3 Å². The molecule has 0 saturated heterocycles. The SMILES string of the molecule is N#Cc1cnc2ccc(-c3c(-c4ccc(F)cc4)ncn3C3CCC3)nn12. The lowest BCUT2D eigenvalue weighted by Crippen LogP contribution is -2.17. The number of nitriles is 1. The summed E-state index contributed by atoms with van der Waals surface area (Å²) in [5.74, 6) is -0.282. The van der Waals surface area contributed by atoms with Crippen molar-refractivity contribution in [2.24, 2.45) is 0 Å². The normalized spacial score (nSPS) is 14.2. The molecule has 1 aliphatic carbocycles. The zero-order valence-corrected chi connectivity index (χ0v) is 14.4. The molecule has 7 heteroatoms. The molecule has 0 amide bonds. The van der Waals surface area contributed by atoms with Crippen LogP contribution in [0.15, 0.2) is 48.9 Å². The largest absolute Gasteiger partial charge is 0.326 e. The van der Waals surface area contributed by atoms with Crippen LogP contribution in [0.25, 0.3) is 28.3 Å². The first-order chi connectivity index (χ1) is 13.2. The second kappa shape index (κ2) is 6.02. The van der Waals surface area contributed by atoms with Gasteiger partial charge in [0.1, 0.15) is 17.6 Å². The van der Waals surface area contributed by atoms with Gasteiger partial charge in [-0.05, 0) is 55.7 Å². The number of halogens is 1. The zero-order valence-electron chi connectivity index (χ0n) is 14.4. The summed E-state index contributed by atoms with van der Waals surface area (Å²) in [6, 6.07) is 12.5. The summed E-state index contributed by atoms with van der Waals surface area (Å²) in [7, 11) is 0. The van der Waals surface area contributed by atoms with Gasteiger partial charge in [0.2, 0.25) is 0 Å². The highest BCUT2D eigenvalue weighted by Crippen LogP contribution is 2.39. The first kappa shape index (κ1) is 15.7. The van der Waals surface area contributed by atoms with E-state index in [-0.39, 0.29) is 5.82 Å². The predicted octanol–water partition coefficient (Wildman–Crippen LogP) is 4.00. The molecular formula is C20H15FN6. The lowest BCUT2D eigenvalue weighted by Gasteiger charge is -2.28. The van der Waals surface area contributed by atoms with Crippen molar-refractivity contribution >= 4 is 5.65 Å². The molecule has 0 unspecified atom stereocenters. The molecule has 6 nitrogen and oxygen atoms in total. The summed E-state index contributed by atoms with van der Waals surface area (Å²) < 4.78 is 17.1. The summed E-state index contributed by atoms with van der Waals surface area (Å²) in [4.78, 5) is 8.82. The number of rotatable bonds is 3. The van der Waals surface area contributed by atoms with Crippen LogP contribution in [0.2, 0.25) is 0 Å². The topological polar surface area (TPSA) is 71.8 Å². The molecule has 0 radical (unpaired) electrons. The van der Waals surface area contributed by atoms with E-state index in [1.165, 1.54) is 24.8 Å². The van der Waals surface area contributed by atoms with Gasteiger partial charge in [-0.1, -0.05) is 0 Å². The van der Waals surface area contributed by atoms with Crippen LogP contribution in [0, 0.1) is 17.1 Å². The van der Waals surface area contributed by atoms with E-state index in [1.54, 1.807) is 16.6 Å². The van der Waals surface area contributed by atoms with Crippen LogP contribution < -0.4 is 0 Å². The molecule has 0 bridgehead atoms. The summed E-state index contributed by atoms with van der Waals surface area (Å²) >= 11 is 0. The third-order valence-corrected chi connectivity index (χ3v) is 5.10. The monoisotopic (exact) mass is 358 g/mol. The number of hydrogen-bond acceptors (Lipinski definition) is 4. The fourth-order valence-electron chi connectivity index (χ4n) is 3.45. The lowest BCUT2D eigenvalue weighted by molar-refractivity contribution is 0.315. The standard InChI is InChI=1S/C20H15FN6/c21-14-6-4-13(5-7-14)19-20(26(12-24-19)15-2-1-3-15)17-8-9-18-23-11-16(10-22)27(18)25-17/h4-9,11-12,15H,1-3H2. The summed E-state index contributed by atoms with van der Waals surface area (Å²) in [6.45, 7) is 0. The zero-order chi connectivity index (χ0) is 18.4. The number of benzene rings is 1. The van der Waals surface area contributed by atoms with Crippen molar-refractivity contribution in [3.8, 4) is 28.7 Å². The van der Waals surface area contributed by atoms with Crippen LogP contribution in [0.4, 0.5) is 4.39 Å². The van der Waals surface area contributed by atoms with E-state index in [0.29, 0.717) is 23.1 Å². The van der Waals surface area contributed by atoms with Crippen LogP contribution in [0.5, 0.6) is 0 Å². The molecule has 1 aromatic carbocycles. The molecule has 5 rings (SSSR count). The highest BCUT2D eigenvalue weighted by molar-refractivity contribution is 5.77. The molecule has 4 aromatic rings. The maximum atomic E-state index is 13.4. The highest BCUT2D eigenvalue weighted by Gasteiger charge is 2.26. The molecule has 0 aliphatic heterocycles. The molecule has 1 saturated carbocycles. The molecule has 27 heavy (non-hydrogen) atoms. The van der Waals surface area contributed by atoms with E-state index in [1.807, 2.05) is 18.5 Å². The van der Waals surface area contributed by atoms with Crippen molar-refractivity contribution in [3.05, 3.63) is 60.4 Å². The number of fused-ring (bicyclic) bond motifs is 1. The van der Waals surface area contributed by atoms with Crippen LogP contribution in [0.3, 0.4) is 0 Å². The van der Waals surface area contributed by atoms with Gasteiger partial charge in [-0.15, -0.1) is 0 Å². The minimum atomic E-state index is -0.282. The molecule has 3 aromatic heterocycles. The summed E-state index contributed by atoms with van der Waals surface area (Å²) in [5, 5.41) is 13.9. The van der Waals surface area contributed by atoms with Crippen molar-refractivity contribution in [1.82, 2.24) is 24.1 Å². The second-order valence-corrected chi connectivity index (χ2v) is 6.68. The first-order valence-electron chi connectivity index (χ1n) is 8.82. The van der Waals surface area contributed by atoms with Gasteiger partial charge in [-0.2, -0.15) is 10.4 Å². The van der Waals surface area contributed by atoms with Crippen molar-refractivity contribution in [3.63, 3.8) is 0 Å². The third-order valence-electron chi connectivity index (χ3n) is 5.10. The quantitative estimate of drug-likeness (QED) is 0.555. The van der Waals surface area contributed by atoms with Gasteiger partial charge in [0.05, 0.1) is 23.9 Å². The number of nitrogens with zero attached hydrogens (tertiary/aromatic N) is 6. The Balaban J connectivity index is 1.73. The average Bonchev–Trinajstić information content (AvgIpc) is 3.24. The Morgan fingerprint density at radius 1 is 1.07 bits per heavy atom.